The van der Waals surface area contributed by atoms with Crippen LogP contribution >= 0.6 is 0 Å². The minimum Gasteiger partial charge on any atom is -0.330 e. The third-order valence-corrected chi connectivity index (χ3v) is 3.49. The summed E-state index contributed by atoms with van der Waals surface area (Å²) in [6.45, 7) is 6.26. The van der Waals surface area contributed by atoms with Crippen LogP contribution in [0, 0.1) is 0 Å². The molecule has 0 amide bonds. The molecule has 0 bridgehead atoms. The summed E-state index contributed by atoms with van der Waals surface area (Å²) in [5.74, 6) is 0. The van der Waals surface area contributed by atoms with Crippen molar-refractivity contribution in [3.05, 3.63) is 54.1 Å². The molecular weight excluding hydrogens is 234 g/mol. The monoisotopic (exact) mass is 257 g/mol. The van der Waals surface area contributed by atoms with Gasteiger partial charge in [0.1, 0.15) is 0 Å². The largest absolute Gasteiger partial charge is 0.330 e. The fraction of sp³-hybridized carbons (Fsp3) is 0.438. The van der Waals surface area contributed by atoms with Crippen LogP contribution in [0.4, 0.5) is 0 Å². The molecule has 3 nitrogen and oxygen atoms in total. The highest BCUT2D eigenvalue weighted by atomic mass is 15.1. The predicted molar refractivity (Wildman–Crippen MR) is 78.9 cm³/mol. The van der Waals surface area contributed by atoms with Crippen molar-refractivity contribution in [2.75, 3.05) is 0 Å². The second-order valence-corrected chi connectivity index (χ2v) is 5.78. The van der Waals surface area contributed by atoms with Gasteiger partial charge in [0.15, 0.2) is 0 Å². The lowest BCUT2D eigenvalue weighted by Crippen LogP contribution is -2.32. The van der Waals surface area contributed by atoms with E-state index in [-0.39, 0.29) is 5.54 Å². The van der Waals surface area contributed by atoms with Gasteiger partial charge in [0, 0.05) is 12.2 Å². The topological polar surface area (TPSA) is 43.8 Å². The van der Waals surface area contributed by atoms with Crippen LogP contribution in [0.15, 0.2) is 42.9 Å². The van der Waals surface area contributed by atoms with Gasteiger partial charge in [-0.25, -0.2) is 4.98 Å². The van der Waals surface area contributed by atoms with Crippen molar-refractivity contribution < 1.29 is 0 Å². The molecule has 1 heterocycles. The molecule has 2 aromatic rings. The molecule has 1 atom stereocenters. The van der Waals surface area contributed by atoms with E-state index in [2.05, 4.69) is 46.8 Å². The van der Waals surface area contributed by atoms with Crippen LogP contribution in [0.1, 0.15) is 44.5 Å². The first-order valence-corrected chi connectivity index (χ1v) is 6.83. The maximum Gasteiger partial charge on any atom is 0.0951 e. The molecule has 0 aliphatic carbocycles. The molecule has 1 aromatic carbocycles. The minimum absolute atomic E-state index is 0.350. The van der Waals surface area contributed by atoms with Crippen LogP contribution in [0.25, 0.3) is 0 Å². The molecule has 0 aliphatic rings. The molecule has 0 fully saturated rings. The first-order chi connectivity index (χ1) is 8.98. The van der Waals surface area contributed by atoms with Gasteiger partial charge in [-0.1, -0.05) is 30.3 Å². The summed E-state index contributed by atoms with van der Waals surface area (Å²) >= 11 is 0. The molecule has 1 unspecified atom stereocenters. The van der Waals surface area contributed by atoms with E-state index in [4.69, 9.17) is 5.73 Å². The molecule has 102 valence electrons. The van der Waals surface area contributed by atoms with Gasteiger partial charge in [0.05, 0.1) is 17.6 Å². The highest BCUT2D eigenvalue weighted by molar-refractivity contribution is 5.15. The number of nitrogens with zero attached hydrogens (tertiary/aromatic N) is 2. The Bertz CT molecular complexity index is 508. The summed E-state index contributed by atoms with van der Waals surface area (Å²) in [4.78, 5) is 4.25. The van der Waals surface area contributed by atoms with E-state index in [9.17, 15) is 0 Å². The predicted octanol–water partition coefficient (Wildman–Crippen LogP) is 3.27. The Morgan fingerprint density at radius 1 is 1.26 bits per heavy atom. The van der Waals surface area contributed by atoms with Gasteiger partial charge in [0.25, 0.3) is 0 Å². The number of nitrogens with two attached hydrogens (primary N) is 1. The second-order valence-electron chi connectivity index (χ2n) is 5.78. The SMILES string of the molecule is CC(CCc1ccccc1)n1cncc1C(C)(C)N. The summed E-state index contributed by atoms with van der Waals surface area (Å²) < 4.78 is 2.20. The van der Waals surface area contributed by atoms with Gasteiger partial charge >= 0.3 is 0 Å². The highest BCUT2D eigenvalue weighted by Gasteiger charge is 2.21. The molecule has 0 aliphatic heterocycles. The quantitative estimate of drug-likeness (QED) is 0.893. The minimum atomic E-state index is -0.350. The summed E-state index contributed by atoms with van der Waals surface area (Å²) in [7, 11) is 0. The number of hydrogen-bond acceptors (Lipinski definition) is 2. The van der Waals surface area contributed by atoms with Gasteiger partial charge in [-0.3, -0.25) is 0 Å². The normalized spacial score (nSPS) is 13.5. The first-order valence-electron chi connectivity index (χ1n) is 6.83. The average Bonchev–Trinajstić information content (AvgIpc) is 2.86. The van der Waals surface area contributed by atoms with E-state index in [1.54, 1.807) is 0 Å². The molecule has 0 radical (unpaired) electrons. The Morgan fingerprint density at radius 2 is 1.95 bits per heavy atom. The Labute approximate surface area is 115 Å². The van der Waals surface area contributed by atoms with Crippen LogP contribution in [0.2, 0.25) is 0 Å². The maximum absolute atomic E-state index is 6.19. The number of aromatic nitrogens is 2. The highest BCUT2D eigenvalue weighted by Crippen LogP contribution is 2.23. The summed E-state index contributed by atoms with van der Waals surface area (Å²) in [5, 5.41) is 0. The molecule has 3 heteroatoms. The Hall–Kier alpha value is -1.61. The third kappa shape index (κ3) is 3.44. The fourth-order valence-electron chi connectivity index (χ4n) is 2.31. The number of rotatable bonds is 5. The number of imidazole rings is 1. The zero-order valence-electron chi connectivity index (χ0n) is 12.0. The number of benzene rings is 1. The van der Waals surface area contributed by atoms with Crippen LogP contribution in [0.5, 0.6) is 0 Å². The molecule has 19 heavy (non-hydrogen) atoms. The maximum atomic E-state index is 6.19. The average molecular weight is 257 g/mol. The van der Waals surface area contributed by atoms with Crippen molar-refractivity contribution in [3.63, 3.8) is 0 Å². The zero-order chi connectivity index (χ0) is 13.9. The summed E-state index contributed by atoms with van der Waals surface area (Å²) in [6.07, 6.45) is 5.92. The first kappa shape index (κ1) is 13.8. The third-order valence-electron chi connectivity index (χ3n) is 3.49. The van der Waals surface area contributed by atoms with Crippen molar-refractivity contribution in [1.82, 2.24) is 9.55 Å². The molecule has 0 spiro atoms. The van der Waals surface area contributed by atoms with Crippen LogP contribution in [0.3, 0.4) is 0 Å². The van der Waals surface area contributed by atoms with Crippen LogP contribution in [-0.2, 0) is 12.0 Å². The lowest BCUT2D eigenvalue weighted by molar-refractivity contribution is 0.433. The van der Waals surface area contributed by atoms with E-state index < -0.39 is 0 Å². The van der Waals surface area contributed by atoms with Crippen molar-refractivity contribution in [1.29, 1.82) is 0 Å². The molecule has 0 saturated carbocycles. The number of aryl methyl sites for hydroxylation is 1. The lowest BCUT2D eigenvalue weighted by atomic mass is 10.0. The molecule has 1 aromatic heterocycles. The fourth-order valence-corrected chi connectivity index (χ4v) is 2.31. The number of hydrogen-bond donors (Lipinski definition) is 1. The summed E-state index contributed by atoms with van der Waals surface area (Å²) in [5.41, 5.74) is 8.31. The van der Waals surface area contributed by atoms with Crippen LogP contribution in [-0.4, -0.2) is 9.55 Å². The van der Waals surface area contributed by atoms with E-state index in [0.717, 1.165) is 18.5 Å². The van der Waals surface area contributed by atoms with Crippen LogP contribution < -0.4 is 5.73 Å². The smallest absolute Gasteiger partial charge is 0.0951 e. The molecule has 0 saturated heterocycles. The van der Waals surface area contributed by atoms with Gasteiger partial charge in [-0.2, -0.15) is 0 Å². The Balaban J connectivity index is 2.05. The van der Waals surface area contributed by atoms with Crippen molar-refractivity contribution in [2.45, 2.75) is 45.2 Å². The Kier molecular flexibility index (Phi) is 4.05. The van der Waals surface area contributed by atoms with Crippen molar-refractivity contribution >= 4 is 0 Å². The Morgan fingerprint density at radius 3 is 2.58 bits per heavy atom. The van der Waals surface area contributed by atoms with E-state index in [0.29, 0.717) is 6.04 Å². The van der Waals surface area contributed by atoms with Gasteiger partial charge in [-0.15, -0.1) is 0 Å². The zero-order valence-corrected chi connectivity index (χ0v) is 12.0. The lowest BCUT2D eigenvalue weighted by Gasteiger charge is -2.24. The summed E-state index contributed by atoms with van der Waals surface area (Å²) in [6, 6.07) is 11.0. The van der Waals surface area contributed by atoms with Crippen molar-refractivity contribution in [2.24, 2.45) is 5.73 Å². The van der Waals surface area contributed by atoms with Gasteiger partial charge < -0.3 is 10.3 Å². The van der Waals surface area contributed by atoms with Gasteiger partial charge in [0.2, 0.25) is 0 Å². The van der Waals surface area contributed by atoms with E-state index >= 15 is 0 Å². The van der Waals surface area contributed by atoms with Crippen molar-refractivity contribution in [3.8, 4) is 0 Å². The molecule has 2 rings (SSSR count). The second kappa shape index (κ2) is 5.57. The molecule has 2 N–H and O–H groups in total. The molecular formula is C16H23N3. The van der Waals surface area contributed by atoms with E-state index in [1.165, 1.54) is 5.56 Å². The van der Waals surface area contributed by atoms with Gasteiger partial charge in [-0.05, 0) is 39.2 Å². The van der Waals surface area contributed by atoms with E-state index in [1.807, 2.05) is 26.4 Å². The standard InChI is InChI=1S/C16H23N3/c1-13(9-10-14-7-5-4-6-8-14)19-12-18-11-15(19)16(2,3)17/h4-8,11-13H,9-10,17H2,1-3H3.